The third-order valence-corrected chi connectivity index (χ3v) is 4.77. The maximum Gasteiger partial charge on any atom is 0.326 e. The maximum atomic E-state index is 12.7. The molecule has 1 aromatic rings. The third-order valence-electron chi connectivity index (χ3n) is 4.77. The van der Waals surface area contributed by atoms with Gasteiger partial charge in [-0.3, -0.25) is 9.59 Å². The lowest BCUT2D eigenvalue weighted by atomic mass is 9.98. The smallest absolute Gasteiger partial charge is 0.326 e. The summed E-state index contributed by atoms with van der Waals surface area (Å²) in [4.78, 5) is 43.4. The summed E-state index contributed by atoms with van der Waals surface area (Å²) in [6, 6.07) is -2.20. The van der Waals surface area contributed by atoms with Gasteiger partial charge in [0.15, 0.2) is 0 Å². The Balaban J connectivity index is 2.09. The molecule has 0 aliphatic carbocycles. The number of hydrogen-bond acceptors (Lipinski definition) is 5. The normalized spacial score (nSPS) is 20.2. The largest absolute Gasteiger partial charge is 0.480 e. The van der Waals surface area contributed by atoms with Crippen LogP contribution in [0.1, 0.15) is 38.8 Å². The third kappa shape index (κ3) is 5.29. The van der Waals surface area contributed by atoms with Crippen LogP contribution >= 0.6 is 0 Å². The molecule has 0 aromatic carbocycles. The van der Waals surface area contributed by atoms with Crippen LogP contribution in [-0.2, 0) is 20.8 Å². The van der Waals surface area contributed by atoms with Gasteiger partial charge in [-0.05, 0) is 25.3 Å². The van der Waals surface area contributed by atoms with Crippen LogP contribution in [-0.4, -0.2) is 57.5 Å². The van der Waals surface area contributed by atoms with E-state index in [1.165, 1.54) is 6.33 Å². The highest BCUT2D eigenvalue weighted by Crippen LogP contribution is 2.10. The number of hydrogen-bond donors (Lipinski definition) is 5. The van der Waals surface area contributed by atoms with Crippen molar-refractivity contribution in [3.05, 3.63) is 18.2 Å². The van der Waals surface area contributed by atoms with Crippen molar-refractivity contribution in [2.24, 2.45) is 5.92 Å². The van der Waals surface area contributed by atoms with Gasteiger partial charge in [-0.2, -0.15) is 0 Å². The monoisotopic (exact) mass is 365 g/mol. The quantitative estimate of drug-likeness (QED) is 0.411. The first-order chi connectivity index (χ1) is 12.4. The van der Waals surface area contributed by atoms with E-state index in [1.54, 1.807) is 13.1 Å². The number of rotatable bonds is 9. The van der Waals surface area contributed by atoms with Crippen molar-refractivity contribution in [1.29, 1.82) is 0 Å². The molecule has 9 nitrogen and oxygen atoms in total. The molecule has 0 radical (unpaired) electrons. The molecule has 2 heterocycles. The molecule has 26 heavy (non-hydrogen) atoms. The fourth-order valence-corrected chi connectivity index (χ4v) is 2.94. The Hall–Kier alpha value is -2.42. The van der Waals surface area contributed by atoms with Gasteiger partial charge in [0.05, 0.1) is 12.4 Å². The molecule has 2 amide bonds. The summed E-state index contributed by atoms with van der Waals surface area (Å²) in [5.41, 5.74) is 0.681. The minimum atomic E-state index is -1.09. The number of carbonyl (C=O) groups is 3. The average molecular weight is 365 g/mol. The van der Waals surface area contributed by atoms with Crippen molar-refractivity contribution in [3.8, 4) is 0 Å². The van der Waals surface area contributed by atoms with E-state index in [4.69, 9.17) is 0 Å². The van der Waals surface area contributed by atoms with Gasteiger partial charge in [0.1, 0.15) is 12.1 Å². The lowest BCUT2D eigenvalue weighted by molar-refractivity contribution is -0.143. The molecular weight excluding hydrogens is 338 g/mol. The molecule has 4 unspecified atom stereocenters. The van der Waals surface area contributed by atoms with Gasteiger partial charge in [-0.25, -0.2) is 9.78 Å². The second-order valence-corrected chi connectivity index (χ2v) is 6.70. The zero-order valence-electron chi connectivity index (χ0n) is 15.1. The lowest BCUT2D eigenvalue weighted by Gasteiger charge is -2.25. The standard InChI is InChI=1S/C17H27N5O4/c1-3-10(2)14(17(25)26)22-16(24)13(7-11-8-18-9-20-11)21-15(23)12-5-4-6-19-12/h8-10,12-14,19H,3-7H2,1-2H3,(H,18,20)(H,21,23)(H,22,24)(H,25,26). The Labute approximate surface area is 152 Å². The summed E-state index contributed by atoms with van der Waals surface area (Å²) in [7, 11) is 0. The zero-order valence-corrected chi connectivity index (χ0v) is 15.1. The average Bonchev–Trinajstić information content (AvgIpc) is 3.31. The van der Waals surface area contributed by atoms with E-state index in [9.17, 15) is 19.5 Å². The molecule has 1 fully saturated rings. The lowest BCUT2D eigenvalue weighted by Crippen LogP contribution is -2.56. The summed E-state index contributed by atoms with van der Waals surface area (Å²) >= 11 is 0. The van der Waals surface area contributed by atoms with Gasteiger partial charge in [0.25, 0.3) is 0 Å². The molecule has 0 bridgehead atoms. The van der Waals surface area contributed by atoms with E-state index in [-0.39, 0.29) is 24.3 Å². The first-order valence-corrected chi connectivity index (χ1v) is 8.96. The fraction of sp³-hybridized carbons (Fsp3) is 0.647. The fourth-order valence-electron chi connectivity index (χ4n) is 2.94. The summed E-state index contributed by atoms with van der Waals surface area (Å²) in [6.45, 7) is 4.40. The van der Waals surface area contributed by atoms with Crippen LogP contribution in [0.15, 0.2) is 12.5 Å². The first-order valence-electron chi connectivity index (χ1n) is 8.96. The van der Waals surface area contributed by atoms with Crippen LogP contribution < -0.4 is 16.0 Å². The predicted molar refractivity (Wildman–Crippen MR) is 94.3 cm³/mol. The van der Waals surface area contributed by atoms with Crippen molar-refractivity contribution in [2.75, 3.05) is 6.54 Å². The minimum Gasteiger partial charge on any atom is -0.480 e. The summed E-state index contributed by atoms with van der Waals surface area (Å²) < 4.78 is 0. The van der Waals surface area contributed by atoms with Gasteiger partial charge in [0, 0.05) is 18.3 Å². The Bertz CT molecular complexity index is 613. The number of nitrogens with zero attached hydrogens (tertiary/aromatic N) is 1. The summed E-state index contributed by atoms with van der Waals surface area (Å²) in [5.74, 6) is -2.08. The number of H-pyrrole nitrogens is 1. The van der Waals surface area contributed by atoms with Gasteiger partial charge in [0.2, 0.25) is 11.8 Å². The van der Waals surface area contributed by atoms with Gasteiger partial charge >= 0.3 is 5.97 Å². The van der Waals surface area contributed by atoms with Gasteiger partial charge in [-0.1, -0.05) is 20.3 Å². The molecule has 0 spiro atoms. The van der Waals surface area contributed by atoms with Crippen molar-refractivity contribution in [1.82, 2.24) is 25.9 Å². The Morgan fingerprint density at radius 1 is 1.38 bits per heavy atom. The predicted octanol–water partition coefficient (Wildman–Crippen LogP) is -0.195. The number of aromatic nitrogens is 2. The first kappa shape index (κ1) is 19.9. The highest BCUT2D eigenvalue weighted by Gasteiger charge is 2.31. The Morgan fingerprint density at radius 2 is 2.15 bits per heavy atom. The number of aromatic amines is 1. The van der Waals surface area contributed by atoms with Crippen LogP contribution in [0.4, 0.5) is 0 Å². The molecule has 1 aliphatic rings. The SMILES string of the molecule is CCC(C)C(NC(=O)C(Cc1cnc[nH]1)NC(=O)C1CCCN1)C(=O)O. The van der Waals surface area contributed by atoms with E-state index in [2.05, 4.69) is 25.9 Å². The number of carboxylic acids is 1. The van der Waals surface area contributed by atoms with Gasteiger partial charge < -0.3 is 26.0 Å². The van der Waals surface area contributed by atoms with Crippen LogP contribution in [0, 0.1) is 5.92 Å². The van der Waals surface area contributed by atoms with Crippen LogP contribution in [0.5, 0.6) is 0 Å². The molecule has 1 saturated heterocycles. The van der Waals surface area contributed by atoms with Crippen molar-refractivity contribution >= 4 is 17.8 Å². The highest BCUT2D eigenvalue weighted by atomic mass is 16.4. The number of carbonyl (C=O) groups excluding carboxylic acids is 2. The molecular formula is C17H27N5O4. The van der Waals surface area contributed by atoms with Crippen molar-refractivity contribution in [3.63, 3.8) is 0 Å². The van der Waals surface area contributed by atoms with Crippen LogP contribution in [0.3, 0.4) is 0 Å². The number of aliphatic carboxylic acids is 1. The molecule has 9 heteroatoms. The second-order valence-electron chi connectivity index (χ2n) is 6.70. The molecule has 4 atom stereocenters. The highest BCUT2D eigenvalue weighted by molar-refractivity contribution is 5.92. The Kier molecular flexibility index (Phi) is 7.14. The topological polar surface area (TPSA) is 136 Å². The molecule has 2 rings (SSSR count). The molecule has 5 N–H and O–H groups in total. The van der Waals surface area contributed by atoms with E-state index >= 15 is 0 Å². The van der Waals surface area contributed by atoms with Gasteiger partial charge in [-0.15, -0.1) is 0 Å². The molecule has 1 aliphatic heterocycles. The minimum absolute atomic E-state index is 0.205. The van der Waals surface area contributed by atoms with E-state index in [0.29, 0.717) is 12.1 Å². The molecule has 1 aromatic heterocycles. The van der Waals surface area contributed by atoms with Crippen LogP contribution in [0.2, 0.25) is 0 Å². The number of imidazole rings is 1. The number of carboxylic acid groups (broad SMARTS) is 1. The van der Waals surface area contributed by atoms with Crippen molar-refractivity contribution < 1.29 is 19.5 Å². The maximum absolute atomic E-state index is 12.7. The summed E-state index contributed by atoms with van der Waals surface area (Å²) in [5, 5.41) is 17.8. The molecule has 0 saturated carbocycles. The van der Waals surface area contributed by atoms with Crippen LogP contribution in [0.25, 0.3) is 0 Å². The Morgan fingerprint density at radius 3 is 2.69 bits per heavy atom. The van der Waals surface area contributed by atoms with Crippen molar-refractivity contribution in [2.45, 2.75) is 57.7 Å². The number of nitrogens with one attached hydrogen (secondary N) is 4. The zero-order chi connectivity index (χ0) is 19.1. The number of amides is 2. The summed E-state index contributed by atoms with van der Waals surface area (Å²) in [6.07, 6.45) is 5.50. The van der Waals surface area contributed by atoms with E-state index in [1.807, 2.05) is 6.92 Å². The van der Waals surface area contributed by atoms with E-state index < -0.39 is 24.0 Å². The second kappa shape index (κ2) is 9.33. The van der Waals surface area contributed by atoms with E-state index in [0.717, 1.165) is 19.4 Å². The molecule has 144 valence electrons.